The lowest BCUT2D eigenvalue weighted by Gasteiger charge is -2.34. The zero-order valence-electron chi connectivity index (χ0n) is 12.6. The average molecular weight is 308 g/mol. The van der Waals surface area contributed by atoms with Crippen molar-refractivity contribution < 1.29 is 9.90 Å². The fraction of sp³-hybridized carbons (Fsp3) is 0.750. The van der Waals surface area contributed by atoms with E-state index in [-0.39, 0.29) is 5.92 Å². The van der Waals surface area contributed by atoms with E-state index in [4.69, 9.17) is 4.98 Å². The molecule has 2 unspecified atom stereocenters. The minimum absolute atomic E-state index is 0.221. The van der Waals surface area contributed by atoms with Gasteiger partial charge in [0, 0.05) is 30.9 Å². The molecule has 0 amide bonds. The number of hydrogen-bond donors (Lipinski definition) is 1. The van der Waals surface area contributed by atoms with Crippen molar-refractivity contribution in [2.45, 2.75) is 51.5 Å². The summed E-state index contributed by atoms with van der Waals surface area (Å²) in [5.41, 5.74) is 1.13. The molecule has 2 heterocycles. The zero-order chi connectivity index (χ0) is 14.8. The zero-order valence-corrected chi connectivity index (χ0v) is 13.4. The van der Waals surface area contributed by atoms with Crippen LogP contribution in [0.25, 0.3) is 0 Å². The maximum absolute atomic E-state index is 11.2. The van der Waals surface area contributed by atoms with E-state index < -0.39 is 5.97 Å². The Bertz CT molecular complexity index is 496. The summed E-state index contributed by atoms with van der Waals surface area (Å²) in [5.74, 6) is 0.252. The largest absolute Gasteiger partial charge is 0.481 e. The number of aliphatic carboxylic acids is 1. The van der Waals surface area contributed by atoms with Gasteiger partial charge in [-0.3, -0.25) is 9.69 Å². The standard InChI is InChI=1S/C16H24N2O2S/c1-11-6-13(16(19)20)8-18(7-11)9-14-10-21-15(17-14)12-4-2-3-5-12/h10-13H,2-9H2,1H3,(H,19,20). The molecule has 1 aromatic rings. The quantitative estimate of drug-likeness (QED) is 0.927. The van der Waals surface area contributed by atoms with Crippen LogP contribution in [-0.4, -0.2) is 34.0 Å². The SMILES string of the molecule is CC1CC(C(=O)O)CN(Cc2csc(C3CCCC3)n2)C1. The van der Waals surface area contributed by atoms with Gasteiger partial charge >= 0.3 is 5.97 Å². The van der Waals surface area contributed by atoms with Gasteiger partial charge in [0.2, 0.25) is 0 Å². The predicted molar refractivity (Wildman–Crippen MR) is 83.5 cm³/mol. The van der Waals surface area contributed by atoms with Gasteiger partial charge in [-0.25, -0.2) is 4.98 Å². The molecule has 0 radical (unpaired) electrons. The Morgan fingerprint density at radius 2 is 2.19 bits per heavy atom. The van der Waals surface area contributed by atoms with E-state index in [1.54, 1.807) is 11.3 Å². The van der Waals surface area contributed by atoms with Gasteiger partial charge < -0.3 is 5.11 Å². The van der Waals surface area contributed by atoms with Crippen molar-refractivity contribution in [3.05, 3.63) is 16.1 Å². The fourth-order valence-corrected chi connectivity index (χ4v) is 4.74. The molecule has 0 aromatic carbocycles. The molecule has 0 bridgehead atoms. The highest BCUT2D eigenvalue weighted by Crippen LogP contribution is 2.35. The topological polar surface area (TPSA) is 53.4 Å². The first-order chi connectivity index (χ1) is 10.1. The van der Waals surface area contributed by atoms with Gasteiger partial charge in [0.05, 0.1) is 16.6 Å². The Kier molecular flexibility index (Phi) is 4.60. The Balaban J connectivity index is 1.61. The monoisotopic (exact) mass is 308 g/mol. The highest BCUT2D eigenvalue weighted by atomic mass is 32.1. The first kappa shape index (κ1) is 15.0. The summed E-state index contributed by atoms with van der Waals surface area (Å²) in [7, 11) is 0. The normalized spacial score (nSPS) is 28.0. The number of carbonyl (C=O) groups is 1. The summed E-state index contributed by atoms with van der Waals surface area (Å²) in [5, 5.41) is 12.7. The Morgan fingerprint density at radius 1 is 1.43 bits per heavy atom. The van der Waals surface area contributed by atoms with E-state index in [0.29, 0.717) is 18.4 Å². The lowest BCUT2D eigenvalue weighted by Crippen LogP contribution is -2.42. The summed E-state index contributed by atoms with van der Waals surface area (Å²) < 4.78 is 0. The van der Waals surface area contributed by atoms with E-state index in [2.05, 4.69) is 17.2 Å². The molecule has 1 aromatic heterocycles. The first-order valence-electron chi connectivity index (χ1n) is 8.01. The average Bonchev–Trinajstić information content (AvgIpc) is 3.08. The lowest BCUT2D eigenvalue weighted by atomic mass is 9.90. The Labute approximate surface area is 130 Å². The molecule has 3 rings (SSSR count). The lowest BCUT2D eigenvalue weighted by molar-refractivity contribution is -0.144. The van der Waals surface area contributed by atoms with Crippen LogP contribution in [0.15, 0.2) is 5.38 Å². The second-order valence-electron chi connectivity index (χ2n) is 6.73. The Hall–Kier alpha value is -0.940. The molecule has 1 N–H and O–H groups in total. The van der Waals surface area contributed by atoms with E-state index in [1.165, 1.54) is 30.7 Å². The van der Waals surface area contributed by atoms with Crippen LogP contribution in [0.4, 0.5) is 0 Å². The fourth-order valence-electron chi connectivity index (χ4n) is 3.75. The first-order valence-corrected chi connectivity index (χ1v) is 8.89. The van der Waals surface area contributed by atoms with E-state index >= 15 is 0 Å². The van der Waals surface area contributed by atoms with Crippen molar-refractivity contribution in [2.75, 3.05) is 13.1 Å². The number of rotatable bonds is 4. The molecular formula is C16H24N2O2S. The Morgan fingerprint density at radius 3 is 2.90 bits per heavy atom. The number of likely N-dealkylation sites (tertiary alicyclic amines) is 1. The van der Waals surface area contributed by atoms with Crippen LogP contribution < -0.4 is 0 Å². The predicted octanol–water partition coefficient (Wildman–Crippen LogP) is 3.34. The van der Waals surface area contributed by atoms with Crippen molar-refractivity contribution in [3.63, 3.8) is 0 Å². The van der Waals surface area contributed by atoms with E-state index in [1.807, 2.05) is 0 Å². The molecular weight excluding hydrogens is 284 g/mol. The van der Waals surface area contributed by atoms with Crippen molar-refractivity contribution in [2.24, 2.45) is 11.8 Å². The van der Waals surface area contributed by atoms with Crippen molar-refractivity contribution in [1.29, 1.82) is 0 Å². The number of aromatic nitrogens is 1. The summed E-state index contributed by atoms with van der Waals surface area (Å²) in [6.45, 7) is 4.60. The van der Waals surface area contributed by atoms with Gasteiger partial charge in [0.15, 0.2) is 0 Å². The highest BCUT2D eigenvalue weighted by molar-refractivity contribution is 7.09. The van der Waals surface area contributed by atoms with Gasteiger partial charge in [0.25, 0.3) is 0 Å². The molecule has 2 fully saturated rings. The molecule has 0 spiro atoms. The van der Waals surface area contributed by atoms with Crippen LogP contribution in [-0.2, 0) is 11.3 Å². The minimum Gasteiger partial charge on any atom is -0.481 e. The number of carboxylic acid groups (broad SMARTS) is 1. The van der Waals surface area contributed by atoms with Gasteiger partial charge in [-0.15, -0.1) is 11.3 Å². The smallest absolute Gasteiger partial charge is 0.307 e. The van der Waals surface area contributed by atoms with Crippen molar-refractivity contribution in [1.82, 2.24) is 9.88 Å². The van der Waals surface area contributed by atoms with E-state index in [0.717, 1.165) is 25.2 Å². The molecule has 1 saturated carbocycles. The van der Waals surface area contributed by atoms with Crippen LogP contribution >= 0.6 is 11.3 Å². The van der Waals surface area contributed by atoms with Crippen LogP contribution in [0, 0.1) is 11.8 Å². The molecule has 21 heavy (non-hydrogen) atoms. The van der Waals surface area contributed by atoms with Gasteiger partial charge in [-0.2, -0.15) is 0 Å². The molecule has 5 heteroatoms. The molecule has 1 aliphatic carbocycles. The summed E-state index contributed by atoms with van der Waals surface area (Å²) in [6, 6.07) is 0. The third kappa shape index (κ3) is 3.64. The van der Waals surface area contributed by atoms with Crippen LogP contribution in [0.3, 0.4) is 0 Å². The number of piperidine rings is 1. The van der Waals surface area contributed by atoms with Crippen LogP contribution in [0.2, 0.25) is 0 Å². The molecule has 4 nitrogen and oxygen atoms in total. The van der Waals surface area contributed by atoms with E-state index in [9.17, 15) is 9.90 Å². The highest BCUT2D eigenvalue weighted by Gasteiger charge is 2.30. The maximum Gasteiger partial charge on any atom is 0.307 e. The summed E-state index contributed by atoms with van der Waals surface area (Å²) >= 11 is 1.79. The van der Waals surface area contributed by atoms with Crippen molar-refractivity contribution >= 4 is 17.3 Å². The van der Waals surface area contributed by atoms with Gasteiger partial charge in [-0.1, -0.05) is 19.8 Å². The minimum atomic E-state index is -0.656. The third-order valence-electron chi connectivity index (χ3n) is 4.74. The summed E-state index contributed by atoms with van der Waals surface area (Å²) in [4.78, 5) is 18.3. The maximum atomic E-state index is 11.2. The van der Waals surface area contributed by atoms with Crippen molar-refractivity contribution in [3.8, 4) is 0 Å². The van der Waals surface area contributed by atoms with Gasteiger partial charge in [0.1, 0.15) is 0 Å². The number of thiazole rings is 1. The molecule has 2 atom stereocenters. The molecule has 1 saturated heterocycles. The number of hydrogen-bond acceptors (Lipinski definition) is 4. The summed E-state index contributed by atoms with van der Waals surface area (Å²) in [6.07, 6.45) is 6.05. The number of carboxylic acids is 1. The second kappa shape index (κ2) is 6.44. The number of nitrogens with zero attached hydrogens (tertiary/aromatic N) is 2. The third-order valence-corrected chi connectivity index (χ3v) is 5.80. The second-order valence-corrected chi connectivity index (χ2v) is 7.62. The molecule has 116 valence electrons. The molecule has 2 aliphatic rings. The van der Waals surface area contributed by atoms with Gasteiger partial charge in [-0.05, 0) is 25.2 Å². The molecule has 1 aliphatic heterocycles. The van der Waals surface area contributed by atoms with Crippen LogP contribution in [0.1, 0.15) is 55.6 Å². The van der Waals surface area contributed by atoms with Crippen LogP contribution in [0.5, 0.6) is 0 Å².